The minimum atomic E-state index is 0.405. The molecule has 12 aromatic rings. The van der Waals surface area contributed by atoms with E-state index in [0.29, 0.717) is 5.92 Å². The zero-order chi connectivity index (χ0) is 51.7. The third-order valence-corrected chi connectivity index (χ3v) is 15.3. The lowest BCUT2D eigenvalue weighted by atomic mass is 9.94. The van der Waals surface area contributed by atoms with Gasteiger partial charge in [-0.2, -0.15) is 0 Å². The molecule has 0 aliphatic carbocycles. The summed E-state index contributed by atoms with van der Waals surface area (Å²) < 4.78 is 4.76. The number of aryl methyl sites for hydroxylation is 3. The van der Waals surface area contributed by atoms with Crippen LogP contribution in [0.25, 0.3) is 112 Å². The first-order valence-corrected chi connectivity index (χ1v) is 27.3. The monoisotopic (exact) mass is 987 g/mol. The molecule has 9 aromatic carbocycles. The second-order valence-corrected chi connectivity index (χ2v) is 20.2. The topological polar surface area (TPSA) is 61.4 Å². The summed E-state index contributed by atoms with van der Waals surface area (Å²) in [5.74, 6) is 2.33. The van der Waals surface area contributed by atoms with Crippen LogP contribution in [-0.2, 0) is 19.3 Å². The molecule has 0 saturated carbocycles. The molecule has 0 N–H and O–H groups in total. The summed E-state index contributed by atoms with van der Waals surface area (Å²) in [6, 6.07) is 74.1. The van der Waals surface area contributed by atoms with Gasteiger partial charge in [0, 0.05) is 33.6 Å². The van der Waals surface area contributed by atoms with E-state index in [2.05, 4.69) is 226 Å². The van der Waals surface area contributed by atoms with Crippen molar-refractivity contribution in [3.8, 4) is 78.9 Å². The van der Waals surface area contributed by atoms with Crippen LogP contribution in [0.3, 0.4) is 0 Å². The highest BCUT2D eigenvalue weighted by Crippen LogP contribution is 2.40. The number of hydrogen-bond acceptors (Lipinski definition) is 4. The van der Waals surface area contributed by atoms with Crippen LogP contribution in [0.15, 0.2) is 206 Å². The first-order chi connectivity index (χ1) is 37.4. The summed E-state index contributed by atoms with van der Waals surface area (Å²) in [6.07, 6.45) is 6.13. The van der Waals surface area contributed by atoms with E-state index in [-0.39, 0.29) is 0 Å². The van der Waals surface area contributed by atoms with Crippen LogP contribution >= 0.6 is 0 Å². The SMILES string of the molecule is CCCc1ccc(C(C)CC)c2c1nc(-c1ccc(-c3ccc(-c4nc5ccccc5nc4-c4ccc(-c5ccc(-c6nc7c(CC)ccc(CCC)c7n6-c6ccccc6)cc5)cc4)cc3)cc1)n2-c1ccccc1. The van der Waals surface area contributed by atoms with Gasteiger partial charge in [0.25, 0.3) is 0 Å². The highest BCUT2D eigenvalue weighted by Gasteiger charge is 2.23. The van der Waals surface area contributed by atoms with E-state index in [4.69, 9.17) is 19.9 Å². The van der Waals surface area contributed by atoms with E-state index in [1.165, 1.54) is 33.3 Å². The Labute approximate surface area is 446 Å². The summed E-state index contributed by atoms with van der Waals surface area (Å²) in [6.45, 7) is 11.3. The van der Waals surface area contributed by atoms with Crippen molar-refractivity contribution in [2.45, 2.75) is 79.1 Å². The number of nitrogens with zero attached hydrogens (tertiary/aromatic N) is 6. The Balaban J connectivity index is 0.852. The average Bonchev–Trinajstić information content (AvgIpc) is 4.10. The van der Waals surface area contributed by atoms with Crippen LogP contribution in [0.5, 0.6) is 0 Å². The van der Waals surface area contributed by atoms with Crippen LogP contribution in [-0.4, -0.2) is 29.1 Å². The fraction of sp³-hybridized carbons (Fsp3) is 0.171. The summed E-state index contributed by atoms with van der Waals surface area (Å²) in [7, 11) is 0. The Hall–Kier alpha value is -8.74. The van der Waals surface area contributed by atoms with Gasteiger partial charge in [0.05, 0.1) is 44.5 Å². The van der Waals surface area contributed by atoms with E-state index in [9.17, 15) is 0 Å². The Morgan fingerprint density at radius 2 is 0.737 bits per heavy atom. The van der Waals surface area contributed by atoms with Gasteiger partial charge >= 0.3 is 0 Å². The number of benzene rings is 9. The summed E-state index contributed by atoms with van der Waals surface area (Å²) in [5.41, 5.74) is 24.3. The molecule has 372 valence electrons. The molecular weight excluding hydrogens is 925 g/mol. The summed E-state index contributed by atoms with van der Waals surface area (Å²) in [4.78, 5) is 21.4. The van der Waals surface area contributed by atoms with Crippen molar-refractivity contribution in [2.24, 2.45) is 0 Å². The van der Waals surface area contributed by atoms with E-state index < -0.39 is 0 Å². The zero-order valence-corrected chi connectivity index (χ0v) is 44.1. The van der Waals surface area contributed by atoms with Gasteiger partial charge in [-0.1, -0.05) is 217 Å². The molecule has 6 heteroatoms. The van der Waals surface area contributed by atoms with Gasteiger partial charge in [0.15, 0.2) is 0 Å². The molecule has 0 radical (unpaired) electrons. The van der Waals surface area contributed by atoms with E-state index >= 15 is 0 Å². The van der Waals surface area contributed by atoms with Gasteiger partial charge in [-0.05, 0) is 113 Å². The quantitative estimate of drug-likeness (QED) is 0.103. The van der Waals surface area contributed by atoms with E-state index in [1.807, 2.05) is 24.3 Å². The van der Waals surface area contributed by atoms with Crippen LogP contribution < -0.4 is 0 Å². The second kappa shape index (κ2) is 20.9. The van der Waals surface area contributed by atoms with Crippen LogP contribution in [0.4, 0.5) is 0 Å². The minimum Gasteiger partial charge on any atom is -0.292 e. The molecule has 1 atom stereocenters. The number of aromatic nitrogens is 6. The number of imidazole rings is 2. The second-order valence-electron chi connectivity index (χ2n) is 20.2. The molecule has 76 heavy (non-hydrogen) atoms. The molecule has 0 bridgehead atoms. The van der Waals surface area contributed by atoms with Crippen LogP contribution in [0.2, 0.25) is 0 Å². The maximum atomic E-state index is 5.47. The Morgan fingerprint density at radius 3 is 1.18 bits per heavy atom. The van der Waals surface area contributed by atoms with Gasteiger partial charge in [0.2, 0.25) is 0 Å². The van der Waals surface area contributed by atoms with Crippen molar-refractivity contribution in [3.05, 3.63) is 229 Å². The van der Waals surface area contributed by atoms with Gasteiger partial charge in [-0.15, -0.1) is 0 Å². The number of para-hydroxylation sites is 4. The lowest BCUT2D eigenvalue weighted by molar-refractivity contribution is 0.736. The molecule has 0 aliphatic rings. The third-order valence-electron chi connectivity index (χ3n) is 15.3. The van der Waals surface area contributed by atoms with E-state index in [1.54, 1.807) is 0 Å². The van der Waals surface area contributed by atoms with Gasteiger partial charge in [-0.3, -0.25) is 9.13 Å². The fourth-order valence-corrected chi connectivity index (χ4v) is 11.1. The molecule has 0 spiro atoms. The van der Waals surface area contributed by atoms with Crippen LogP contribution in [0.1, 0.15) is 82.1 Å². The van der Waals surface area contributed by atoms with Crippen molar-refractivity contribution in [1.29, 1.82) is 0 Å². The largest absolute Gasteiger partial charge is 0.292 e. The molecule has 1 unspecified atom stereocenters. The van der Waals surface area contributed by atoms with E-state index in [0.717, 1.165) is 140 Å². The van der Waals surface area contributed by atoms with Crippen molar-refractivity contribution in [1.82, 2.24) is 29.1 Å². The Morgan fingerprint density at radius 1 is 0.355 bits per heavy atom. The van der Waals surface area contributed by atoms with Crippen molar-refractivity contribution in [3.63, 3.8) is 0 Å². The average molecular weight is 987 g/mol. The van der Waals surface area contributed by atoms with Gasteiger partial charge < -0.3 is 0 Å². The normalized spacial score (nSPS) is 12.0. The molecule has 3 heterocycles. The maximum Gasteiger partial charge on any atom is 0.145 e. The molecule has 12 rings (SSSR count). The van der Waals surface area contributed by atoms with Gasteiger partial charge in [-0.25, -0.2) is 19.9 Å². The lowest BCUT2D eigenvalue weighted by Crippen LogP contribution is -2.02. The highest BCUT2D eigenvalue weighted by atomic mass is 15.1. The minimum absolute atomic E-state index is 0.405. The number of rotatable bonds is 15. The van der Waals surface area contributed by atoms with Crippen molar-refractivity contribution in [2.75, 3.05) is 0 Å². The molecular formula is C70H62N6. The molecule has 6 nitrogen and oxygen atoms in total. The first-order valence-electron chi connectivity index (χ1n) is 27.3. The number of fused-ring (bicyclic) bond motifs is 3. The standard InChI is InChI=1S/C70H62N6/c1-6-18-52-44-45-60(46(5)8-3)68-66(52)74-70(76(68)59-22-14-11-15-23-59)57-42-33-51(34-43-57)49-29-37-54(38-30-49)64-63(71-61-24-16-17-25-62(61)72-64)53-35-27-48(28-36-53)50-31-40-56(41-32-50)69-73-65-47(9-4)26-39-55(19-7-2)67(65)75(69)58-20-12-10-13-21-58/h10-17,20-46H,6-9,18-19H2,1-5H3. The Bertz CT molecular complexity index is 4000. The lowest BCUT2D eigenvalue weighted by Gasteiger charge is -2.16. The highest BCUT2D eigenvalue weighted by molar-refractivity contribution is 5.92. The fourth-order valence-electron chi connectivity index (χ4n) is 11.1. The number of hydrogen-bond donors (Lipinski definition) is 0. The van der Waals surface area contributed by atoms with Crippen molar-refractivity contribution < 1.29 is 0 Å². The maximum absolute atomic E-state index is 5.47. The molecule has 0 aliphatic heterocycles. The van der Waals surface area contributed by atoms with Crippen molar-refractivity contribution >= 4 is 33.1 Å². The van der Waals surface area contributed by atoms with Crippen LogP contribution in [0, 0.1) is 0 Å². The molecule has 0 fully saturated rings. The molecule has 0 saturated heterocycles. The predicted octanol–water partition coefficient (Wildman–Crippen LogP) is 18.3. The molecule has 3 aromatic heterocycles. The van der Waals surface area contributed by atoms with Gasteiger partial charge in [0.1, 0.15) is 11.6 Å². The predicted molar refractivity (Wildman–Crippen MR) is 317 cm³/mol. The zero-order valence-electron chi connectivity index (χ0n) is 44.1. The first kappa shape index (κ1) is 48.2. The summed E-state index contributed by atoms with van der Waals surface area (Å²) >= 11 is 0. The summed E-state index contributed by atoms with van der Waals surface area (Å²) in [5, 5.41) is 0. The smallest absolute Gasteiger partial charge is 0.145 e. The molecule has 0 amide bonds. The third kappa shape index (κ3) is 8.87. The Kier molecular flexibility index (Phi) is 13.2.